The highest BCUT2D eigenvalue weighted by atomic mass is 16.2. The average Bonchev–Trinajstić information content (AvgIpc) is 2.57. The maximum absolute atomic E-state index is 12.2. The van der Waals surface area contributed by atoms with Gasteiger partial charge in [0, 0.05) is 5.56 Å². The topological polar surface area (TPSA) is 73.2 Å². The van der Waals surface area contributed by atoms with Gasteiger partial charge < -0.3 is 0 Å². The van der Waals surface area contributed by atoms with E-state index >= 15 is 0 Å². The molecular formula is C18H15N3O2. The lowest BCUT2D eigenvalue weighted by molar-refractivity contribution is 0.0966. The van der Waals surface area contributed by atoms with Gasteiger partial charge >= 0.3 is 6.03 Å². The van der Waals surface area contributed by atoms with Crippen LogP contribution in [0.1, 0.15) is 22.8 Å². The Labute approximate surface area is 134 Å². The molecule has 0 unspecified atom stereocenters. The number of hydrogen-bond acceptors (Lipinski definition) is 3. The highest BCUT2D eigenvalue weighted by Crippen LogP contribution is 2.17. The van der Waals surface area contributed by atoms with Gasteiger partial charge in [-0.05, 0) is 36.8 Å². The van der Waals surface area contributed by atoms with Crippen molar-refractivity contribution in [1.29, 1.82) is 5.26 Å². The minimum atomic E-state index is -0.793. The number of hydrogen-bond donors (Lipinski definition) is 1. The molecule has 0 spiro atoms. The lowest BCUT2D eigenvalue weighted by Crippen LogP contribution is -2.40. The van der Waals surface area contributed by atoms with Crippen LogP contribution in [-0.2, 0) is 0 Å². The van der Waals surface area contributed by atoms with Crippen LogP contribution < -0.4 is 10.2 Å². The lowest BCUT2D eigenvalue weighted by Gasteiger charge is -2.14. The standard InChI is InChI=1S/C18H15N3O2/c1-2-7-14-8-6-11-16(12-14)21(13-19)18(23)20-17(22)15-9-4-3-5-10-15/h2-12H,1H3,(H,20,22,23). The van der Waals surface area contributed by atoms with Crippen molar-refractivity contribution in [2.75, 3.05) is 4.90 Å². The number of amides is 3. The van der Waals surface area contributed by atoms with Gasteiger partial charge in [-0.15, -0.1) is 0 Å². The van der Waals surface area contributed by atoms with Crippen molar-refractivity contribution in [3.05, 3.63) is 71.8 Å². The average molecular weight is 305 g/mol. The highest BCUT2D eigenvalue weighted by Gasteiger charge is 2.18. The molecule has 0 fully saturated rings. The molecule has 0 aliphatic carbocycles. The van der Waals surface area contributed by atoms with Crippen molar-refractivity contribution in [2.45, 2.75) is 6.92 Å². The van der Waals surface area contributed by atoms with E-state index in [0.29, 0.717) is 11.3 Å². The molecule has 5 nitrogen and oxygen atoms in total. The van der Waals surface area contributed by atoms with Gasteiger partial charge in [0.05, 0.1) is 5.69 Å². The van der Waals surface area contributed by atoms with E-state index < -0.39 is 11.9 Å². The number of nitriles is 1. The van der Waals surface area contributed by atoms with E-state index in [1.165, 1.54) is 0 Å². The second kappa shape index (κ2) is 7.57. The highest BCUT2D eigenvalue weighted by molar-refractivity contribution is 6.09. The van der Waals surface area contributed by atoms with Gasteiger partial charge in [-0.1, -0.05) is 42.5 Å². The molecule has 2 aromatic rings. The Morgan fingerprint density at radius 2 is 1.87 bits per heavy atom. The number of benzene rings is 2. The molecule has 0 aromatic heterocycles. The first-order chi connectivity index (χ1) is 11.2. The van der Waals surface area contributed by atoms with E-state index in [1.807, 2.05) is 25.1 Å². The maximum atomic E-state index is 12.2. The molecule has 23 heavy (non-hydrogen) atoms. The zero-order valence-corrected chi connectivity index (χ0v) is 12.6. The fraction of sp³-hybridized carbons (Fsp3) is 0.0556. The van der Waals surface area contributed by atoms with E-state index in [1.54, 1.807) is 54.7 Å². The van der Waals surface area contributed by atoms with Crippen LogP contribution in [0.2, 0.25) is 0 Å². The third-order valence-corrected chi connectivity index (χ3v) is 3.05. The van der Waals surface area contributed by atoms with Crippen molar-refractivity contribution in [2.24, 2.45) is 0 Å². The number of nitrogens with zero attached hydrogens (tertiary/aromatic N) is 2. The number of rotatable bonds is 3. The van der Waals surface area contributed by atoms with E-state index in [9.17, 15) is 14.9 Å². The Balaban J connectivity index is 2.18. The third-order valence-electron chi connectivity index (χ3n) is 3.05. The predicted molar refractivity (Wildman–Crippen MR) is 88.5 cm³/mol. The minimum Gasteiger partial charge on any atom is -0.273 e. The lowest BCUT2D eigenvalue weighted by atomic mass is 10.2. The number of imide groups is 1. The Kier molecular flexibility index (Phi) is 5.26. The summed E-state index contributed by atoms with van der Waals surface area (Å²) in [5.74, 6) is -0.555. The van der Waals surface area contributed by atoms with Crippen LogP contribution in [0, 0.1) is 11.5 Å². The van der Waals surface area contributed by atoms with Crippen LogP contribution in [0.15, 0.2) is 60.7 Å². The molecule has 0 saturated heterocycles. The normalized spacial score (nSPS) is 10.1. The number of carbonyl (C=O) groups is 2. The van der Waals surface area contributed by atoms with Crippen molar-refractivity contribution in [3.8, 4) is 6.19 Å². The van der Waals surface area contributed by atoms with Gasteiger partial charge in [0.1, 0.15) is 0 Å². The molecule has 0 saturated carbocycles. The van der Waals surface area contributed by atoms with Crippen molar-refractivity contribution >= 4 is 23.7 Å². The number of nitrogens with one attached hydrogen (secondary N) is 1. The van der Waals surface area contributed by atoms with Crippen LogP contribution >= 0.6 is 0 Å². The first kappa shape index (κ1) is 16.0. The van der Waals surface area contributed by atoms with Gasteiger partial charge in [0.25, 0.3) is 5.91 Å². The Hall–Kier alpha value is -3.39. The second-order valence-corrected chi connectivity index (χ2v) is 4.66. The molecule has 5 heteroatoms. The third kappa shape index (κ3) is 4.05. The summed E-state index contributed by atoms with van der Waals surface area (Å²) in [4.78, 5) is 25.0. The minimum absolute atomic E-state index is 0.349. The van der Waals surface area contributed by atoms with Gasteiger partial charge in [0.2, 0.25) is 0 Å². The van der Waals surface area contributed by atoms with Crippen molar-refractivity contribution in [3.63, 3.8) is 0 Å². The summed E-state index contributed by atoms with van der Waals surface area (Å²) in [7, 11) is 0. The molecule has 114 valence electrons. The number of carbonyl (C=O) groups excluding carboxylic acids is 2. The Morgan fingerprint density at radius 3 is 2.52 bits per heavy atom. The summed E-state index contributed by atoms with van der Waals surface area (Å²) < 4.78 is 0. The summed E-state index contributed by atoms with van der Waals surface area (Å²) in [6.45, 7) is 1.87. The zero-order valence-electron chi connectivity index (χ0n) is 12.6. The van der Waals surface area contributed by atoms with Gasteiger partial charge in [-0.3, -0.25) is 10.1 Å². The first-order valence-corrected chi connectivity index (χ1v) is 6.98. The van der Waals surface area contributed by atoms with Crippen LogP contribution in [-0.4, -0.2) is 11.9 Å². The summed E-state index contributed by atoms with van der Waals surface area (Å²) >= 11 is 0. The summed E-state index contributed by atoms with van der Waals surface area (Å²) in [6, 6.07) is 14.5. The molecule has 0 heterocycles. The summed E-state index contributed by atoms with van der Waals surface area (Å²) in [5, 5.41) is 11.4. The summed E-state index contributed by atoms with van der Waals surface area (Å²) in [6.07, 6.45) is 5.50. The first-order valence-electron chi connectivity index (χ1n) is 6.98. The molecule has 1 N–H and O–H groups in total. The van der Waals surface area contributed by atoms with E-state index in [4.69, 9.17) is 0 Å². The molecule has 0 radical (unpaired) electrons. The molecule has 0 aliphatic rings. The quantitative estimate of drug-likeness (QED) is 0.696. The molecule has 3 amide bonds. The molecular weight excluding hydrogens is 290 g/mol. The van der Waals surface area contributed by atoms with E-state index in [2.05, 4.69) is 5.32 Å². The largest absolute Gasteiger partial charge is 0.342 e. The van der Waals surface area contributed by atoms with Crippen molar-refractivity contribution in [1.82, 2.24) is 5.32 Å². The predicted octanol–water partition coefficient (Wildman–Crippen LogP) is 3.56. The number of anilines is 1. The fourth-order valence-electron chi connectivity index (χ4n) is 2.00. The van der Waals surface area contributed by atoms with Gasteiger partial charge in [-0.2, -0.15) is 10.2 Å². The summed E-state index contributed by atoms with van der Waals surface area (Å²) in [5.41, 5.74) is 1.59. The monoisotopic (exact) mass is 305 g/mol. The van der Waals surface area contributed by atoms with E-state index in [-0.39, 0.29) is 0 Å². The Morgan fingerprint density at radius 1 is 1.13 bits per heavy atom. The zero-order chi connectivity index (χ0) is 16.7. The molecule has 0 aliphatic heterocycles. The Bertz CT molecular complexity index is 776. The SMILES string of the molecule is CC=Cc1cccc(N(C#N)C(=O)NC(=O)c2ccccc2)c1. The van der Waals surface area contributed by atoms with Gasteiger partial charge in [-0.25, -0.2) is 4.79 Å². The fourth-order valence-corrected chi connectivity index (χ4v) is 2.00. The van der Waals surface area contributed by atoms with Crippen LogP contribution in [0.4, 0.5) is 10.5 Å². The van der Waals surface area contributed by atoms with Crippen LogP contribution in [0.5, 0.6) is 0 Å². The van der Waals surface area contributed by atoms with Crippen molar-refractivity contribution < 1.29 is 9.59 Å². The maximum Gasteiger partial charge on any atom is 0.342 e. The second-order valence-electron chi connectivity index (χ2n) is 4.66. The van der Waals surface area contributed by atoms with Crippen LogP contribution in [0.3, 0.4) is 0 Å². The molecule has 2 rings (SSSR count). The number of allylic oxidation sites excluding steroid dienone is 1. The molecule has 2 aromatic carbocycles. The van der Waals surface area contributed by atoms with E-state index in [0.717, 1.165) is 10.5 Å². The molecule has 0 atom stereocenters. The van der Waals surface area contributed by atoms with Crippen LogP contribution in [0.25, 0.3) is 6.08 Å². The smallest absolute Gasteiger partial charge is 0.273 e. The number of urea groups is 1. The molecule has 0 bridgehead atoms. The van der Waals surface area contributed by atoms with Gasteiger partial charge in [0.15, 0.2) is 6.19 Å².